The molecule has 0 heterocycles. The maximum absolute atomic E-state index is 9.69. The average Bonchev–Trinajstić information content (AvgIpc) is 1.27. The average molecular weight is 144 g/mol. The van der Waals surface area contributed by atoms with E-state index in [1.54, 1.807) is 0 Å². The maximum Gasteiger partial charge on any atom is 0.197 e. The molecule has 0 bridgehead atoms. The molecule has 44 valence electrons. The fourth-order valence-electron chi connectivity index (χ4n) is 0.121. The Morgan fingerprint density at radius 3 is 2.00 bits per heavy atom. The highest BCUT2D eigenvalue weighted by Crippen LogP contribution is 2.34. The van der Waals surface area contributed by atoms with Crippen LogP contribution in [0.2, 0.25) is 0 Å². The molecule has 6 heteroatoms. The third-order valence-electron chi connectivity index (χ3n) is 0.277. The Bertz CT molecular complexity index is 70.1. The van der Waals surface area contributed by atoms with Crippen LogP contribution in [0.1, 0.15) is 0 Å². The minimum absolute atomic E-state index is 0.361. The molecule has 4 nitrogen and oxygen atoms in total. The van der Waals surface area contributed by atoms with Crippen molar-refractivity contribution in [1.82, 2.24) is 0 Å². The molecule has 0 radical (unpaired) electrons. The van der Waals surface area contributed by atoms with Gasteiger partial charge in [-0.1, -0.05) is 0 Å². The smallest absolute Gasteiger partial charge is 0.197 e. The van der Waals surface area contributed by atoms with Crippen LogP contribution < -0.4 is 0 Å². The van der Waals surface area contributed by atoms with E-state index in [1.807, 2.05) is 0 Å². The van der Waals surface area contributed by atoms with E-state index >= 15 is 0 Å². The van der Waals surface area contributed by atoms with Gasteiger partial charge in [0.1, 0.15) is 0 Å². The Kier molecular flexibility index (Phi) is 3.80. The summed E-state index contributed by atoms with van der Waals surface area (Å²) in [5.74, 6) is -0.361. The summed E-state index contributed by atoms with van der Waals surface area (Å²) in [5, 5.41) is 0. The fraction of sp³-hybridized carbons (Fsp3) is 1.00. The topological polar surface area (TPSA) is 77.8 Å². The third-order valence-corrected chi connectivity index (χ3v) is 2.49. The molecule has 1 unspecified atom stereocenters. The number of rotatable bonds is 2. The number of hydrogen-bond donors (Lipinski definition) is 3. The summed E-state index contributed by atoms with van der Waals surface area (Å²) >= 11 is 0. The van der Waals surface area contributed by atoms with E-state index in [1.165, 1.54) is 0 Å². The number of hydrogen-bond acceptors (Lipinski definition) is 3. The Morgan fingerprint density at radius 2 is 2.00 bits per heavy atom. The first-order chi connectivity index (χ1) is 3.13. The van der Waals surface area contributed by atoms with E-state index in [9.17, 15) is 4.57 Å². The summed E-state index contributed by atoms with van der Waals surface area (Å²) in [5.41, 5.74) is 0. The molecule has 0 spiro atoms. The zero-order chi connectivity index (χ0) is 5.86. The van der Waals surface area contributed by atoms with Gasteiger partial charge in [0.05, 0.1) is 5.90 Å². The van der Waals surface area contributed by atoms with Crippen LogP contribution in [0, 0.1) is 0 Å². The highest BCUT2D eigenvalue weighted by molar-refractivity contribution is 7.60. The van der Waals surface area contributed by atoms with E-state index in [-0.39, 0.29) is 5.90 Å². The van der Waals surface area contributed by atoms with Gasteiger partial charge >= 0.3 is 0 Å². The fourth-order valence-corrected chi connectivity index (χ4v) is 1.09. The first-order valence-corrected chi connectivity index (χ1v) is 4.49. The van der Waals surface area contributed by atoms with Crippen LogP contribution in [0.25, 0.3) is 0 Å². The van der Waals surface area contributed by atoms with Gasteiger partial charge in [0, 0.05) is 0 Å². The van der Waals surface area contributed by atoms with Crippen molar-refractivity contribution in [1.29, 1.82) is 0 Å². The molecule has 0 amide bonds. The minimum atomic E-state index is -2.66. The van der Waals surface area contributed by atoms with Crippen molar-refractivity contribution in [2.75, 3.05) is 5.90 Å². The van der Waals surface area contributed by atoms with Crippen molar-refractivity contribution in [3.63, 3.8) is 0 Å². The zero-order valence-corrected chi connectivity index (χ0v) is 5.30. The molecular formula is CH6O4P2. The van der Waals surface area contributed by atoms with Gasteiger partial charge in [0.25, 0.3) is 0 Å². The molecular weight excluding hydrogens is 138 g/mol. The van der Waals surface area contributed by atoms with E-state index in [2.05, 4.69) is 0 Å². The van der Waals surface area contributed by atoms with Crippen LogP contribution in [0.5, 0.6) is 0 Å². The van der Waals surface area contributed by atoms with Crippen LogP contribution in [0.4, 0.5) is 0 Å². The molecule has 0 saturated carbocycles. The van der Waals surface area contributed by atoms with Crippen molar-refractivity contribution in [3.8, 4) is 0 Å². The first-order valence-electron chi connectivity index (χ1n) is 1.50. The van der Waals surface area contributed by atoms with E-state index in [4.69, 9.17) is 14.7 Å². The molecule has 0 saturated heterocycles. The minimum Gasteiger partial charge on any atom is -0.350 e. The summed E-state index contributed by atoms with van der Waals surface area (Å²) in [6.45, 7) is 0. The predicted molar refractivity (Wildman–Crippen MR) is 27.4 cm³/mol. The van der Waals surface area contributed by atoms with E-state index < -0.39 is 16.4 Å². The quantitative estimate of drug-likeness (QED) is 0.465. The first kappa shape index (κ1) is 7.54. The molecule has 0 aliphatic rings. The molecule has 0 rings (SSSR count). The zero-order valence-electron chi connectivity index (χ0n) is 3.40. The van der Waals surface area contributed by atoms with Gasteiger partial charge in [0.15, 0.2) is 16.4 Å². The van der Waals surface area contributed by atoms with Crippen molar-refractivity contribution in [3.05, 3.63) is 0 Å². The largest absolute Gasteiger partial charge is 0.350 e. The Labute approximate surface area is 42.6 Å². The van der Waals surface area contributed by atoms with Gasteiger partial charge in [-0.15, -0.1) is 0 Å². The lowest BCUT2D eigenvalue weighted by molar-refractivity contribution is 0.479. The molecule has 0 aromatic rings. The van der Waals surface area contributed by atoms with E-state index in [0.29, 0.717) is 0 Å². The summed E-state index contributed by atoms with van der Waals surface area (Å²) < 4.78 is 9.69. The highest BCUT2D eigenvalue weighted by atomic mass is 31.2. The van der Waals surface area contributed by atoms with Gasteiger partial charge in [-0.2, -0.15) is 0 Å². The standard InChI is InChI=1S/CH6O4P2/c2-6(3)1-7(4)5/h2-3,7H,1H2,(H,4,5). The maximum atomic E-state index is 9.69. The monoisotopic (exact) mass is 144 g/mol. The summed E-state index contributed by atoms with van der Waals surface area (Å²) in [6, 6.07) is 0. The molecule has 7 heavy (non-hydrogen) atoms. The lowest BCUT2D eigenvalue weighted by Gasteiger charge is -1.93. The molecule has 0 aromatic heterocycles. The van der Waals surface area contributed by atoms with Gasteiger partial charge in [-0.3, -0.25) is 4.57 Å². The Balaban J connectivity index is 3.13. The molecule has 0 fully saturated rings. The molecule has 0 aliphatic heterocycles. The predicted octanol–water partition coefficient (Wildman–Crippen LogP) is -0.293. The van der Waals surface area contributed by atoms with Gasteiger partial charge in [0.2, 0.25) is 0 Å². The summed E-state index contributed by atoms with van der Waals surface area (Å²) in [4.78, 5) is 24.0. The second-order valence-electron chi connectivity index (χ2n) is 0.924. The SMILES string of the molecule is O=[PH](O)CP(O)O. The molecule has 3 N–H and O–H groups in total. The van der Waals surface area contributed by atoms with Gasteiger partial charge in [-0.05, 0) is 0 Å². The van der Waals surface area contributed by atoms with Crippen molar-refractivity contribution in [2.45, 2.75) is 0 Å². The van der Waals surface area contributed by atoms with Crippen molar-refractivity contribution in [2.24, 2.45) is 0 Å². The van der Waals surface area contributed by atoms with Crippen molar-refractivity contribution < 1.29 is 19.2 Å². The lowest BCUT2D eigenvalue weighted by Crippen LogP contribution is -1.71. The second kappa shape index (κ2) is 3.53. The van der Waals surface area contributed by atoms with Gasteiger partial charge in [-0.25, -0.2) is 0 Å². The highest BCUT2D eigenvalue weighted by Gasteiger charge is 2.00. The molecule has 1 atom stereocenters. The van der Waals surface area contributed by atoms with E-state index in [0.717, 1.165) is 0 Å². The lowest BCUT2D eigenvalue weighted by atomic mass is 11.9. The van der Waals surface area contributed by atoms with Crippen molar-refractivity contribution >= 4 is 16.4 Å². The van der Waals surface area contributed by atoms with Crippen LogP contribution in [-0.2, 0) is 4.57 Å². The second-order valence-corrected chi connectivity index (χ2v) is 3.72. The summed E-state index contributed by atoms with van der Waals surface area (Å²) in [7, 11) is -4.81. The molecule has 0 aliphatic carbocycles. The van der Waals surface area contributed by atoms with Crippen LogP contribution in [-0.4, -0.2) is 20.6 Å². The van der Waals surface area contributed by atoms with Crippen LogP contribution >= 0.6 is 16.4 Å². The Morgan fingerprint density at radius 1 is 1.57 bits per heavy atom. The van der Waals surface area contributed by atoms with Crippen LogP contribution in [0.15, 0.2) is 0 Å². The summed E-state index contributed by atoms with van der Waals surface area (Å²) in [6.07, 6.45) is 0. The molecule has 0 aromatic carbocycles. The van der Waals surface area contributed by atoms with Gasteiger partial charge < -0.3 is 14.7 Å². The Hall–Kier alpha value is 0.540. The normalized spacial score (nSPS) is 14.9. The third kappa shape index (κ3) is 6.54. The van der Waals surface area contributed by atoms with Crippen LogP contribution in [0.3, 0.4) is 0 Å².